The van der Waals surface area contributed by atoms with Gasteiger partial charge in [-0.15, -0.1) is 0 Å². The van der Waals surface area contributed by atoms with Crippen LogP contribution in [0.3, 0.4) is 0 Å². The van der Waals surface area contributed by atoms with E-state index in [1.165, 1.54) is 30.0 Å². The lowest BCUT2D eigenvalue weighted by molar-refractivity contribution is 0.181. The van der Waals surface area contributed by atoms with Crippen LogP contribution in [0.1, 0.15) is 35.1 Å². The first-order valence-corrected chi connectivity index (χ1v) is 8.61. The topological polar surface area (TPSA) is 59.6 Å². The molecule has 3 rings (SSSR count). The summed E-state index contributed by atoms with van der Waals surface area (Å²) in [5.41, 5.74) is 11.3. The number of aryl methyl sites for hydroxylation is 1. The number of hydrogen-bond acceptors (Lipinski definition) is 2. The monoisotopic (exact) mass is 341 g/mol. The van der Waals surface area contributed by atoms with Gasteiger partial charge in [0.05, 0.1) is 13.2 Å². The molecular formula is C20H24FN3O. The van der Waals surface area contributed by atoms with Gasteiger partial charge in [0, 0.05) is 18.4 Å². The quantitative estimate of drug-likeness (QED) is 0.643. The molecule has 3 N–H and O–H groups in total. The number of hydrogen-bond donors (Lipinski definition) is 2. The fourth-order valence-electron chi connectivity index (χ4n) is 3.24. The van der Waals surface area contributed by atoms with E-state index >= 15 is 0 Å². The van der Waals surface area contributed by atoms with Crippen molar-refractivity contribution in [3.05, 3.63) is 64.5 Å². The summed E-state index contributed by atoms with van der Waals surface area (Å²) in [5.74, 6) is 0.105. The SMILES string of the molecule is COCc1cc(CN=C(N)Nc2cccc3c2CCCC3)ccc1F. The van der Waals surface area contributed by atoms with Gasteiger partial charge in [0.15, 0.2) is 5.96 Å². The van der Waals surface area contributed by atoms with Crippen molar-refractivity contribution in [1.82, 2.24) is 0 Å². The molecule has 0 spiro atoms. The average molecular weight is 341 g/mol. The van der Waals surface area contributed by atoms with E-state index in [4.69, 9.17) is 10.5 Å². The van der Waals surface area contributed by atoms with Crippen molar-refractivity contribution in [3.63, 3.8) is 0 Å². The Morgan fingerprint density at radius 3 is 2.92 bits per heavy atom. The maximum absolute atomic E-state index is 13.7. The first-order chi connectivity index (χ1) is 12.2. The van der Waals surface area contributed by atoms with Crippen molar-refractivity contribution in [2.75, 3.05) is 12.4 Å². The molecule has 132 valence electrons. The summed E-state index contributed by atoms with van der Waals surface area (Å²) in [6, 6.07) is 11.2. The third-order valence-electron chi connectivity index (χ3n) is 4.50. The van der Waals surface area contributed by atoms with Crippen molar-refractivity contribution in [2.24, 2.45) is 10.7 Å². The number of aliphatic imine (C=N–C) groups is 1. The minimum Gasteiger partial charge on any atom is -0.380 e. The Hall–Kier alpha value is -2.40. The van der Waals surface area contributed by atoms with Gasteiger partial charge < -0.3 is 15.8 Å². The molecule has 5 heteroatoms. The molecule has 0 fully saturated rings. The van der Waals surface area contributed by atoms with E-state index in [0.29, 0.717) is 18.1 Å². The summed E-state index contributed by atoms with van der Waals surface area (Å²) in [6.07, 6.45) is 4.65. The molecule has 0 heterocycles. The van der Waals surface area contributed by atoms with Gasteiger partial charge in [-0.3, -0.25) is 0 Å². The van der Waals surface area contributed by atoms with Gasteiger partial charge in [0.1, 0.15) is 5.82 Å². The highest BCUT2D eigenvalue weighted by Gasteiger charge is 2.13. The van der Waals surface area contributed by atoms with Crippen LogP contribution in [0.25, 0.3) is 0 Å². The Labute approximate surface area is 147 Å². The summed E-state index contributed by atoms with van der Waals surface area (Å²) < 4.78 is 18.7. The fraction of sp³-hybridized carbons (Fsp3) is 0.350. The molecule has 4 nitrogen and oxygen atoms in total. The summed E-state index contributed by atoms with van der Waals surface area (Å²) >= 11 is 0. The lowest BCUT2D eigenvalue weighted by Crippen LogP contribution is -2.24. The molecule has 0 bridgehead atoms. The van der Waals surface area contributed by atoms with Crippen LogP contribution in [0.2, 0.25) is 0 Å². The zero-order chi connectivity index (χ0) is 17.6. The number of nitrogens with zero attached hydrogens (tertiary/aromatic N) is 1. The Kier molecular flexibility index (Phi) is 5.66. The molecule has 1 aliphatic rings. The largest absolute Gasteiger partial charge is 0.380 e. The number of rotatable bonds is 5. The van der Waals surface area contributed by atoms with E-state index in [1.54, 1.807) is 19.2 Å². The van der Waals surface area contributed by atoms with Crippen LogP contribution in [0.5, 0.6) is 0 Å². The zero-order valence-electron chi connectivity index (χ0n) is 14.5. The number of nitrogens with one attached hydrogen (secondary N) is 1. The van der Waals surface area contributed by atoms with Crippen LogP contribution in [0.15, 0.2) is 41.4 Å². The molecule has 0 aliphatic heterocycles. The predicted octanol–water partition coefficient (Wildman–Crippen LogP) is 3.78. The molecule has 0 atom stereocenters. The van der Waals surface area contributed by atoms with Gasteiger partial charge >= 0.3 is 0 Å². The molecule has 0 radical (unpaired) electrons. The van der Waals surface area contributed by atoms with Crippen molar-refractivity contribution in [1.29, 1.82) is 0 Å². The smallest absolute Gasteiger partial charge is 0.193 e. The van der Waals surface area contributed by atoms with Crippen molar-refractivity contribution in [3.8, 4) is 0 Å². The van der Waals surface area contributed by atoms with Gasteiger partial charge in [0.2, 0.25) is 0 Å². The van der Waals surface area contributed by atoms with E-state index in [9.17, 15) is 4.39 Å². The zero-order valence-corrected chi connectivity index (χ0v) is 14.5. The second kappa shape index (κ2) is 8.12. The number of methoxy groups -OCH3 is 1. The Morgan fingerprint density at radius 1 is 1.24 bits per heavy atom. The minimum atomic E-state index is -0.267. The number of nitrogens with two attached hydrogens (primary N) is 1. The van der Waals surface area contributed by atoms with Crippen molar-refractivity contribution >= 4 is 11.6 Å². The van der Waals surface area contributed by atoms with Crippen LogP contribution in [-0.4, -0.2) is 13.1 Å². The van der Waals surface area contributed by atoms with Gasteiger partial charge in [0.25, 0.3) is 0 Å². The van der Waals surface area contributed by atoms with Gasteiger partial charge in [-0.2, -0.15) is 0 Å². The summed E-state index contributed by atoms with van der Waals surface area (Å²) in [6.45, 7) is 0.637. The van der Waals surface area contributed by atoms with E-state index in [0.717, 1.165) is 24.1 Å². The van der Waals surface area contributed by atoms with Crippen molar-refractivity contribution < 1.29 is 9.13 Å². The minimum absolute atomic E-state index is 0.243. The van der Waals surface area contributed by atoms with Crippen molar-refractivity contribution in [2.45, 2.75) is 38.8 Å². The third-order valence-corrected chi connectivity index (χ3v) is 4.50. The highest BCUT2D eigenvalue weighted by Crippen LogP contribution is 2.27. The lowest BCUT2D eigenvalue weighted by Gasteiger charge is -2.19. The van der Waals surface area contributed by atoms with Crippen LogP contribution >= 0.6 is 0 Å². The number of ether oxygens (including phenoxy) is 1. The van der Waals surface area contributed by atoms with E-state index in [2.05, 4.69) is 22.4 Å². The van der Waals surface area contributed by atoms with E-state index in [-0.39, 0.29) is 12.4 Å². The van der Waals surface area contributed by atoms with Crippen LogP contribution in [-0.2, 0) is 30.7 Å². The average Bonchev–Trinajstić information content (AvgIpc) is 2.63. The number of fused-ring (bicyclic) bond motifs is 1. The van der Waals surface area contributed by atoms with E-state index < -0.39 is 0 Å². The molecule has 0 saturated carbocycles. The van der Waals surface area contributed by atoms with Gasteiger partial charge in [-0.05, 0) is 60.6 Å². The molecular weight excluding hydrogens is 317 g/mol. The molecule has 0 unspecified atom stereocenters. The maximum atomic E-state index is 13.7. The standard InChI is InChI=1S/C20H24FN3O/c1-25-13-16-11-14(9-10-18(16)21)12-23-20(22)24-19-8-4-6-15-5-2-3-7-17(15)19/h4,6,8-11H,2-3,5,7,12-13H2,1H3,(H3,22,23,24). The number of guanidine groups is 1. The summed E-state index contributed by atoms with van der Waals surface area (Å²) in [7, 11) is 1.55. The number of anilines is 1. The predicted molar refractivity (Wildman–Crippen MR) is 99.1 cm³/mol. The van der Waals surface area contributed by atoms with Gasteiger partial charge in [-0.1, -0.05) is 18.2 Å². The molecule has 0 amide bonds. The fourth-order valence-corrected chi connectivity index (χ4v) is 3.24. The number of halogens is 1. The van der Waals surface area contributed by atoms with Gasteiger partial charge in [-0.25, -0.2) is 9.38 Å². The molecule has 0 saturated heterocycles. The first kappa shape index (κ1) is 17.4. The van der Waals surface area contributed by atoms with Crippen LogP contribution < -0.4 is 11.1 Å². The first-order valence-electron chi connectivity index (χ1n) is 8.61. The molecule has 2 aromatic carbocycles. The van der Waals surface area contributed by atoms with E-state index in [1.807, 2.05) is 6.07 Å². The Bertz CT molecular complexity index is 774. The molecule has 2 aromatic rings. The summed E-state index contributed by atoms with van der Waals surface area (Å²) in [5, 5.41) is 3.22. The maximum Gasteiger partial charge on any atom is 0.193 e. The second-order valence-electron chi connectivity index (χ2n) is 6.34. The molecule has 0 aromatic heterocycles. The second-order valence-corrected chi connectivity index (χ2v) is 6.34. The number of benzene rings is 2. The highest BCUT2D eigenvalue weighted by atomic mass is 19.1. The molecule has 25 heavy (non-hydrogen) atoms. The normalized spacial score (nSPS) is 14.2. The summed E-state index contributed by atoms with van der Waals surface area (Å²) in [4.78, 5) is 4.39. The third kappa shape index (κ3) is 4.37. The Morgan fingerprint density at radius 2 is 2.08 bits per heavy atom. The molecule has 1 aliphatic carbocycles. The van der Waals surface area contributed by atoms with Crippen LogP contribution in [0, 0.1) is 5.82 Å². The lowest BCUT2D eigenvalue weighted by atomic mass is 9.90. The highest BCUT2D eigenvalue weighted by molar-refractivity contribution is 5.93. The Balaban J connectivity index is 1.70. The van der Waals surface area contributed by atoms with Crippen LogP contribution in [0.4, 0.5) is 10.1 Å².